The van der Waals surface area contributed by atoms with E-state index in [1.54, 1.807) is 37.4 Å². The second kappa shape index (κ2) is 6.24. The summed E-state index contributed by atoms with van der Waals surface area (Å²) in [6.07, 6.45) is 1.65. The zero-order valence-corrected chi connectivity index (χ0v) is 14.7. The van der Waals surface area contributed by atoms with Crippen LogP contribution in [0.4, 0.5) is 5.69 Å². The molecule has 7 heteroatoms. The summed E-state index contributed by atoms with van der Waals surface area (Å²) in [5, 5.41) is 2.67. The first kappa shape index (κ1) is 16.4. The molecule has 1 unspecified atom stereocenters. The van der Waals surface area contributed by atoms with Crippen molar-refractivity contribution in [1.29, 1.82) is 0 Å². The lowest BCUT2D eigenvalue weighted by molar-refractivity contribution is -0.118. The van der Waals surface area contributed by atoms with Gasteiger partial charge in [0.25, 0.3) is 11.5 Å². The normalized spacial score (nSPS) is 14.4. The van der Waals surface area contributed by atoms with Crippen LogP contribution in [-0.2, 0) is 4.79 Å². The molecule has 24 heavy (non-hydrogen) atoms. The molecule has 0 fully saturated rings. The number of aromatic nitrogens is 1. The number of aryl methyl sites for hydroxylation is 1. The fourth-order valence-electron chi connectivity index (χ4n) is 2.59. The summed E-state index contributed by atoms with van der Waals surface area (Å²) in [5.74, 6) is 0.0328. The second-order valence-corrected chi connectivity index (χ2v) is 6.52. The van der Waals surface area contributed by atoms with Gasteiger partial charge >= 0.3 is 0 Å². The number of nitrogens with zero attached hydrogens (tertiary/aromatic N) is 1. The number of Topliss-reactive ketones (excluding diaryl/α,β-unsaturated/α-hetero) is 1. The number of pyridine rings is 1. The van der Waals surface area contributed by atoms with Gasteiger partial charge < -0.3 is 14.6 Å². The summed E-state index contributed by atoms with van der Waals surface area (Å²) in [5.41, 5.74) is 1.46. The standard InChI is InChI=1S/C17H15BrN2O4/c1-9-5-12(18)17(23)20(7-9)10(2)16(22)11-3-4-14-13(6-11)19-15(21)8-24-14/h3-7,10H,8H2,1-2H3,(H,19,21). The lowest BCUT2D eigenvalue weighted by Crippen LogP contribution is -2.29. The van der Waals surface area contributed by atoms with Crippen LogP contribution in [0, 0.1) is 6.92 Å². The third kappa shape index (κ3) is 2.99. The summed E-state index contributed by atoms with van der Waals surface area (Å²) in [4.78, 5) is 36.4. The van der Waals surface area contributed by atoms with Gasteiger partial charge in [0.15, 0.2) is 12.4 Å². The Morgan fingerprint density at radius 3 is 2.83 bits per heavy atom. The summed E-state index contributed by atoms with van der Waals surface area (Å²) >= 11 is 3.22. The summed E-state index contributed by atoms with van der Waals surface area (Å²) in [6, 6.07) is 5.88. The number of anilines is 1. The quantitative estimate of drug-likeness (QED) is 0.817. The molecule has 6 nitrogen and oxygen atoms in total. The number of benzene rings is 1. The SMILES string of the molecule is Cc1cc(Br)c(=O)n(C(C)C(=O)c2ccc3c(c2)NC(=O)CO3)c1. The van der Waals surface area contributed by atoms with Gasteiger partial charge in [-0.2, -0.15) is 0 Å². The minimum Gasteiger partial charge on any atom is -0.482 e. The Kier molecular flexibility index (Phi) is 4.28. The van der Waals surface area contributed by atoms with Crippen LogP contribution in [0.1, 0.15) is 28.9 Å². The van der Waals surface area contributed by atoms with E-state index >= 15 is 0 Å². The molecule has 1 aromatic heterocycles. The van der Waals surface area contributed by atoms with Crippen molar-refractivity contribution in [3.8, 4) is 5.75 Å². The van der Waals surface area contributed by atoms with E-state index in [9.17, 15) is 14.4 Å². The first-order valence-electron chi connectivity index (χ1n) is 7.36. The van der Waals surface area contributed by atoms with Crippen molar-refractivity contribution < 1.29 is 14.3 Å². The summed E-state index contributed by atoms with van der Waals surface area (Å²) < 4.78 is 7.09. The number of hydrogen-bond acceptors (Lipinski definition) is 4. The van der Waals surface area contributed by atoms with Crippen LogP contribution < -0.4 is 15.6 Å². The Bertz CT molecular complexity index is 904. The molecular formula is C17H15BrN2O4. The number of hydrogen-bond donors (Lipinski definition) is 1. The van der Waals surface area contributed by atoms with Gasteiger partial charge in [0.1, 0.15) is 5.75 Å². The molecule has 1 aromatic carbocycles. The molecule has 0 saturated heterocycles. The zero-order chi connectivity index (χ0) is 17.4. The highest BCUT2D eigenvalue weighted by molar-refractivity contribution is 9.10. The Morgan fingerprint density at radius 1 is 1.33 bits per heavy atom. The van der Waals surface area contributed by atoms with Gasteiger partial charge in [0.05, 0.1) is 16.2 Å². The minimum absolute atomic E-state index is 0.0383. The number of rotatable bonds is 3. The maximum Gasteiger partial charge on any atom is 0.265 e. The van der Waals surface area contributed by atoms with E-state index in [2.05, 4.69) is 21.2 Å². The molecular weight excluding hydrogens is 376 g/mol. The molecule has 0 spiro atoms. The average molecular weight is 391 g/mol. The summed E-state index contributed by atoms with van der Waals surface area (Å²) in [6.45, 7) is 3.48. The lowest BCUT2D eigenvalue weighted by atomic mass is 10.0. The van der Waals surface area contributed by atoms with E-state index in [1.165, 1.54) is 4.57 Å². The van der Waals surface area contributed by atoms with E-state index in [1.807, 2.05) is 6.92 Å². The molecule has 1 atom stereocenters. The Labute approximate surface area is 146 Å². The molecule has 1 N–H and O–H groups in total. The molecule has 2 heterocycles. The van der Waals surface area contributed by atoms with Gasteiger partial charge in [-0.3, -0.25) is 14.4 Å². The fraction of sp³-hybridized carbons (Fsp3) is 0.235. The number of ether oxygens (including phenoxy) is 1. The van der Waals surface area contributed by atoms with Crippen LogP contribution in [0.2, 0.25) is 0 Å². The lowest BCUT2D eigenvalue weighted by Gasteiger charge is -2.20. The van der Waals surface area contributed by atoms with E-state index in [0.29, 0.717) is 21.5 Å². The zero-order valence-electron chi connectivity index (χ0n) is 13.1. The molecule has 0 bridgehead atoms. The third-order valence-corrected chi connectivity index (χ3v) is 4.40. The monoisotopic (exact) mass is 390 g/mol. The topological polar surface area (TPSA) is 77.4 Å². The Hall–Kier alpha value is -2.41. The molecule has 3 rings (SSSR count). The van der Waals surface area contributed by atoms with Crippen molar-refractivity contribution in [3.05, 3.63) is 56.4 Å². The van der Waals surface area contributed by atoms with Crippen molar-refractivity contribution in [2.45, 2.75) is 19.9 Å². The fourth-order valence-corrected chi connectivity index (χ4v) is 3.16. The van der Waals surface area contributed by atoms with Crippen molar-refractivity contribution in [2.24, 2.45) is 0 Å². The minimum atomic E-state index is -0.674. The first-order chi connectivity index (χ1) is 11.4. The van der Waals surface area contributed by atoms with Crippen LogP contribution in [0.25, 0.3) is 0 Å². The van der Waals surface area contributed by atoms with E-state index in [0.717, 1.165) is 5.56 Å². The van der Waals surface area contributed by atoms with Crippen LogP contribution >= 0.6 is 15.9 Å². The number of amides is 1. The number of fused-ring (bicyclic) bond motifs is 1. The molecule has 0 saturated carbocycles. The van der Waals surface area contributed by atoms with Gasteiger partial charge in [0.2, 0.25) is 0 Å². The van der Waals surface area contributed by atoms with Crippen LogP contribution in [0.15, 0.2) is 39.7 Å². The molecule has 2 aromatic rings. The number of halogens is 1. The van der Waals surface area contributed by atoms with Crippen molar-refractivity contribution in [3.63, 3.8) is 0 Å². The van der Waals surface area contributed by atoms with Crippen LogP contribution in [0.5, 0.6) is 5.75 Å². The predicted molar refractivity (Wildman–Crippen MR) is 92.7 cm³/mol. The summed E-state index contributed by atoms with van der Waals surface area (Å²) in [7, 11) is 0. The van der Waals surface area contributed by atoms with E-state index < -0.39 is 6.04 Å². The molecule has 0 aliphatic carbocycles. The van der Waals surface area contributed by atoms with Crippen LogP contribution in [0.3, 0.4) is 0 Å². The molecule has 1 amide bonds. The Morgan fingerprint density at radius 2 is 2.08 bits per heavy atom. The smallest absolute Gasteiger partial charge is 0.265 e. The largest absolute Gasteiger partial charge is 0.482 e. The van der Waals surface area contributed by atoms with Gasteiger partial charge in [-0.05, 0) is 59.6 Å². The molecule has 1 aliphatic rings. The van der Waals surface area contributed by atoms with Crippen molar-refractivity contribution in [1.82, 2.24) is 4.57 Å². The highest BCUT2D eigenvalue weighted by atomic mass is 79.9. The molecule has 1 aliphatic heterocycles. The van der Waals surface area contributed by atoms with Gasteiger partial charge in [-0.25, -0.2) is 0 Å². The van der Waals surface area contributed by atoms with Crippen molar-refractivity contribution >= 4 is 33.3 Å². The molecule has 0 radical (unpaired) electrons. The van der Waals surface area contributed by atoms with Gasteiger partial charge in [0, 0.05) is 11.8 Å². The van der Waals surface area contributed by atoms with E-state index in [-0.39, 0.29) is 23.9 Å². The van der Waals surface area contributed by atoms with E-state index in [4.69, 9.17) is 4.74 Å². The van der Waals surface area contributed by atoms with Gasteiger partial charge in [-0.1, -0.05) is 0 Å². The average Bonchev–Trinajstić information content (AvgIpc) is 2.56. The number of carbonyl (C=O) groups is 2. The number of ketones is 1. The maximum absolute atomic E-state index is 12.8. The van der Waals surface area contributed by atoms with Crippen molar-refractivity contribution in [2.75, 3.05) is 11.9 Å². The number of carbonyl (C=O) groups excluding carboxylic acids is 2. The highest BCUT2D eigenvalue weighted by Crippen LogP contribution is 2.29. The second-order valence-electron chi connectivity index (χ2n) is 5.67. The van der Waals surface area contributed by atoms with Gasteiger partial charge in [-0.15, -0.1) is 0 Å². The number of nitrogens with one attached hydrogen (secondary N) is 1. The maximum atomic E-state index is 12.8. The van der Waals surface area contributed by atoms with Crippen LogP contribution in [-0.4, -0.2) is 22.9 Å². The predicted octanol–water partition coefficient (Wildman–Crippen LogP) is 2.69. The third-order valence-electron chi connectivity index (χ3n) is 3.83. The first-order valence-corrected chi connectivity index (χ1v) is 8.15. The Balaban J connectivity index is 1.96. The highest BCUT2D eigenvalue weighted by Gasteiger charge is 2.22. The molecule has 124 valence electrons.